The Morgan fingerprint density at radius 3 is 2.76 bits per heavy atom. The van der Waals surface area contributed by atoms with Crippen molar-refractivity contribution in [3.63, 3.8) is 0 Å². The van der Waals surface area contributed by atoms with Crippen LogP contribution in [0.1, 0.15) is 35.3 Å². The van der Waals surface area contributed by atoms with Gasteiger partial charge in [0.2, 0.25) is 0 Å². The molecule has 2 aromatic carbocycles. The van der Waals surface area contributed by atoms with Gasteiger partial charge in [0.15, 0.2) is 0 Å². The molecule has 0 amide bonds. The average molecular weight is 387 g/mol. The molecule has 1 aliphatic rings. The Morgan fingerprint density at radius 1 is 1.14 bits per heavy atom. The first-order valence-electron chi connectivity index (χ1n) is 9.61. The Balaban J connectivity index is 1.58. The van der Waals surface area contributed by atoms with Gasteiger partial charge in [-0.1, -0.05) is 18.2 Å². The number of carbonyl (C=O) groups is 1. The third-order valence-electron chi connectivity index (χ3n) is 5.79. The zero-order valence-electron chi connectivity index (χ0n) is 16.3. The summed E-state index contributed by atoms with van der Waals surface area (Å²) in [5.41, 5.74) is 9.07. The fourth-order valence-corrected chi connectivity index (χ4v) is 4.29. The predicted molar refractivity (Wildman–Crippen MR) is 113 cm³/mol. The molecular formula is C23H21N3O3. The maximum absolute atomic E-state index is 13.2. The van der Waals surface area contributed by atoms with Crippen molar-refractivity contribution in [3.8, 4) is 0 Å². The molecule has 29 heavy (non-hydrogen) atoms. The summed E-state index contributed by atoms with van der Waals surface area (Å²) in [6, 6.07) is 11.6. The third-order valence-corrected chi connectivity index (χ3v) is 5.79. The summed E-state index contributed by atoms with van der Waals surface area (Å²) in [7, 11) is 0. The molecular weight excluding hydrogens is 366 g/mol. The second-order valence-corrected chi connectivity index (χ2v) is 8.00. The molecule has 0 bridgehead atoms. The molecule has 0 unspecified atom stereocenters. The third kappa shape index (κ3) is 2.56. The summed E-state index contributed by atoms with van der Waals surface area (Å²) in [4.78, 5) is 28.9. The molecule has 6 heteroatoms. The van der Waals surface area contributed by atoms with Crippen molar-refractivity contribution in [2.45, 2.75) is 32.4 Å². The molecule has 6 nitrogen and oxygen atoms in total. The lowest BCUT2D eigenvalue weighted by Crippen LogP contribution is -2.22. The van der Waals surface area contributed by atoms with Crippen molar-refractivity contribution in [1.82, 2.24) is 9.55 Å². The van der Waals surface area contributed by atoms with E-state index in [9.17, 15) is 9.59 Å². The van der Waals surface area contributed by atoms with Gasteiger partial charge >= 0.3 is 5.97 Å². The van der Waals surface area contributed by atoms with Crippen LogP contribution in [0.2, 0.25) is 0 Å². The van der Waals surface area contributed by atoms with E-state index in [0.29, 0.717) is 35.0 Å². The van der Waals surface area contributed by atoms with Crippen molar-refractivity contribution in [1.29, 1.82) is 0 Å². The number of carbonyl (C=O) groups excluding carboxylic acids is 1. The number of pyridine rings is 1. The average Bonchev–Trinajstić information content (AvgIpc) is 3.19. The van der Waals surface area contributed by atoms with Gasteiger partial charge in [0.25, 0.3) is 5.56 Å². The van der Waals surface area contributed by atoms with Crippen molar-refractivity contribution < 1.29 is 9.53 Å². The molecule has 0 atom stereocenters. The Hall–Kier alpha value is -3.54. The molecule has 0 saturated carbocycles. The van der Waals surface area contributed by atoms with Gasteiger partial charge in [0.1, 0.15) is 5.60 Å². The van der Waals surface area contributed by atoms with Gasteiger partial charge in [0, 0.05) is 46.5 Å². The van der Waals surface area contributed by atoms with Gasteiger partial charge in [-0.05, 0) is 44.0 Å². The van der Waals surface area contributed by atoms with Crippen LogP contribution in [-0.2, 0) is 23.3 Å². The molecule has 0 fully saturated rings. The quantitative estimate of drug-likeness (QED) is 0.414. The Morgan fingerprint density at radius 2 is 1.93 bits per heavy atom. The molecule has 3 heterocycles. The monoisotopic (exact) mass is 387 g/mol. The SMILES string of the molecule is CC1(C)OC(=O)c2c1cc(N)c1c(=O)n(CCc3c[nH]c4ccccc34)ccc21. The maximum Gasteiger partial charge on any atom is 0.340 e. The van der Waals surface area contributed by atoms with Crippen molar-refractivity contribution in [3.05, 3.63) is 75.8 Å². The largest absolute Gasteiger partial charge is 0.451 e. The number of ether oxygens (including phenoxy) is 1. The van der Waals surface area contributed by atoms with Gasteiger partial charge in [-0.15, -0.1) is 0 Å². The summed E-state index contributed by atoms with van der Waals surface area (Å²) in [6.45, 7) is 4.16. The number of nitrogen functional groups attached to an aromatic ring is 1. The normalized spacial score (nSPS) is 15.0. The van der Waals surface area contributed by atoms with Crippen LogP contribution < -0.4 is 11.3 Å². The predicted octanol–water partition coefficient (Wildman–Crippen LogP) is 3.71. The first-order chi connectivity index (χ1) is 13.9. The van der Waals surface area contributed by atoms with E-state index in [1.165, 1.54) is 0 Å². The number of benzene rings is 2. The summed E-state index contributed by atoms with van der Waals surface area (Å²) in [5.74, 6) is -0.411. The van der Waals surface area contributed by atoms with Gasteiger partial charge < -0.3 is 20.0 Å². The van der Waals surface area contributed by atoms with Crippen molar-refractivity contribution >= 4 is 33.3 Å². The number of nitrogens with one attached hydrogen (secondary N) is 1. The second-order valence-electron chi connectivity index (χ2n) is 8.00. The molecule has 0 aliphatic carbocycles. The molecule has 5 rings (SSSR count). The Kier molecular flexibility index (Phi) is 3.62. The molecule has 1 aliphatic heterocycles. The van der Waals surface area contributed by atoms with Crippen LogP contribution in [0.15, 0.2) is 53.6 Å². The van der Waals surface area contributed by atoms with E-state index in [0.717, 1.165) is 22.0 Å². The summed E-state index contributed by atoms with van der Waals surface area (Å²) in [5, 5.41) is 2.09. The number of cyclic esters (lactones) is 1. The molecule has 0 spiro atoms. The highest BCUT2D eigenvalue weighted by Crippen LogP contribution is 2.40. The van der Waals surface area contributed by atoms with E-state index in [4.69, 9.17) is 10.5 Å². The van der Waals surface area contributed by atoms with E-state index in [1.54, 1.807) is 22.9 Å². The first-order valence-corrected chi connectivity index (χ1v) is 9.61. The minimum absolute atomic E-state index is 0.194. The molecule has 0 saturated heterocycles. The number of esters is 1. The molecule has 4 aromatic rings. The van der Waals surface area contributed by atoms with Crippen LogP contribution in [0.5, 0.6) is 0 Å². The minimum Gasteiger partial charge on any atom is -0.451 e. The zero-order chi connectivity index (χ0) is 20.3. The van der Waals surface area contributed by atoms with E-state index in [-0.39, 0.29) is 5.56 Å². The number of H-pyrrole nitrogens is 1. The fraction of sp³-hybridized carbons (Fsp3) is 0.217. The molecule has 0 radical (unpaired) electrons. The standard InChI is InChI=1S/C23H21N3O3/c1-23(2)16-11-17(24)20-15(19(16)22(28)29-23)8-10-26(21(20)27)9-7-13-12-25-18-6-4-3-5-14(13)18/h3-6,8,10-12,25H,7,9,24H2,1-2H3. The lowest BCUT2D eigenvalue weighted by Gasteiger charge is -2.18. The number of fused-ring (bicyclic) bond motifs is 4. The highest BCUT2D eigenvalue weighted by atomic mass is 16.6. The summed E-state index contributed by atoms with van der Waals surface area (Å²) >= 11 is 0. The van der Waals surface area contributed by atoms with Crippen molar-refractivity contribution in [2.75, 3.05) is 5.73 Å². The number of aromatic amines is 1. The highest BCUT2D eigenvalue weighted by Gasteiger charge is 2.39. The summed E-state index contributed by atoms with van der Waals surface area (Å²) < 4.78 is 7.13. The minimum atomic E-state index is -0.751. The molecule has 146 valence electrons. The highest BCUT2D eigenvalue weighted by molar-refractivity contribution is 6.11. The van der Waals surface area contributed by atoms with E-state index in [1.807, 2.05) is 38.2 Å². The number of nitrogens with two attached hydrogens (primary N) is 1. The van der Waals surface area contributed by atoms with Crippen LogP contribution in [0.3, 0.4) is 0 Å². The van der Waals surface area contributed by atoms with Crippen LogP contribution >= 0.6 is 0 Å². The summed E-state index contributed by atoms with van der Waals surface area (Å²) in [6.07, 6.45) is 4.42. The number of rotatable bonds is 3. The number of hydrogen-bond acceptors (Lipinski definition) is 4. The molecule has 3 N–H and O–H groups in total. The number of para-hydroxylation sites is 1. The van der Waals surface area contributed by atoms with Crippen LogP contribution in [0.25, 0.3) is 21.7 Å². The van der Waals surface area contributed by atoms with E-state index >= 15 is 0 Å². The fourth-order valence-electron chi connectivity index (χ4n) is 4.29. The van der Waals surface area contributed by atoms with Crippen LogP contribution in [0.4, 0.5) is 5.69 Å². The van der Waals surface area contributed by atoms with Gasteiger partial charge in [-0.3, -0.25) is 4.79 Å². The lowest BCUT2D eigenvalue weighted by atomic mass is 9.91. The zero-order valence-corrected chi connectivity index (χ0v) is 16.3. The number of aromatic nitrogens is 2. The van der Waals surface area contributed by atoms with Crippen LogP contribution in [-0.4, -0.2) is 15.5 Å². The van der Waals surface area contributed by atoms with Crippen molar-refractivity contribution in [2.24, 2.45) is 0 Å². The lowest BCUT2D eigenvalue weighted by molar-refractivity contribution is 0.00962. The van der Waals surface area contributed by atoms with E-state index in [2.05, 4.69) is 11.1 Å². The second kappa shape index (κ2) is 5.98. The number of aryl methyl sites for hydroxylation is 2. The smallest absolute Gasteiger partial charge is 0.340 e. The maximum atomic E-state index is 13.2. The van der Waals surface area contributed by atoms with E-state index < -0.39 is 11.6 Å². The number of nitrogens with zero attached hydrogens (tertiary/aromatic N) is 1. The van der Waals surface area contributed by atoms with Gasteiger partial charge in [-0.2, -0.15) is 0 Å². The number of anilines is 1. The number of hydrogen-bond donors (Lipinski definition) is 2. The van der Waals surface area contributed by atoms with Crippen LogP contribution in [0, 0.1) is 0 Å². The van der Waals surface area contributed by atoms with Gasteiger partial charge in [0.05, 0.1) is 10.9 Å². The Bertz CT molecular complexity index is 1360. The van der Waals surface area contributed by atoms with Gasteiger partial charge in [-0.25, -0.2) is 4.79 Å². The first kappa shape index (κ1) is 17.6. The Labute approximate surface area is 166 Å². The topological polar surface area (TPSA) is 90.1 Å². The molecule has 2 aromatic heterocycles.